The molecule has 2 amide bonds. The predicted molar refractivity (Wildman–Crippen MR) is 106 cm³/mol. The van der Waals surface area contributed by atoms with Gasteiger partial charge in [-0.2, -0.15) is 0 Å². The minimum absolute atomic E-state index is 0.169. The third kappa shape index (κ3) is 4.86. The lowest BCUT2D eigenvalue weighted by atomic mass is 10.2. The van der Waals surface area contributed by atoms with Crippen molar-refractivity contribution in [2.45, 2.75) is 13.8 Å². The van der Waals surface area contributed by atoms with Gasteiger partial charge in [-0.3, -0.25) is 9.59 Å². The standard InChI is InChI=1S/C20H18N2O5S/c1-12-5-7-14(8-6-12)21-16(23)11-27-20(25)18-13(2)10-17(28-18)22-19(24)15-4-3-9-26-15/h3-10H,11H2,1-2H3,(H,21,23)(H,22,24). The molecule has 0 aliphatic rings. The Labute approximate surface area is 165 Å². The number of esters is 1. The van der Waals surface area contributed by atoms with E-state index in [1.165, 1.54) is 12.3 Å². The highest BCUT2D eigenvalue weighted by molar-refractivity contribution is 7.18. The zero-order valence-electron chi connectivity index (χ0n) is 15.3. The van der Waals surface area contributed by atoms with Gasteiger partial charge in [0.15, 0.2) is 12.4 Å². The van der Waals surface area contributed by atoms with Crippen LogP contribution in [-0.4, -0.2) is 24.4 Å². The molecule has 2 aromatic heterocycles. The first kappa shape index (κ1) is 19.4. The van der Waals surface area contributed by atoms with E-state index in [2.05, 4.69) is 10.6 Å². The predicted octanol–water partition coefficient (Wildman–Crippen LogP) is 4.01. The van der Waals surface area contributed by atoms with Crippen LogP contribution in [0.4, 0.5) is 10.7 Å². The molecular weight excluding hydrogens is 380 g/mol. The number of carbonyl (C=O) groups is 3. The zero-order valence-corrected chi connectivity index (χ0v) is 16.1. The summed E-state index contributed by atoms with van der Waals surface area (Å²) in [5, 5.41) is 5.80. The highest BCUT2D eigenvalue weighted by Crippen LogP contribution is 2.27. The number of aryl methyl sites for hydroxylation is 2. The largest absolute Gasteiger partial charge is 0.459 e. The van der Waals surface area contributed by atoms with Gasteiger partial charge < -0.3 is 19.8 Å². The number of amides is 2. The summed E-state index contributed by atoms with van der Waals surface area (Å²) in [6, 6.07) is 12.1. The minimum Gasteiger partial charge on any atom is -0.459 e. The van der Waals surface area contributed by atoms with Crippen molar-refractivity contribution >= 4 is 39.8 Å². The summed E-state index contributed by atoms with van der Waals surface area (Å²) in [7, 11) is 0. The smallest absolute Gasteiger partial charge is 0.349 e. The van der Waals surface area contributed by atoms with Gasteiger partial charge in [0, 0.05) is 5.69 Å². The van der Waals surface area contributed by atoms with Gasteiger partial charge in [0.1, 0.15) is 4.88 Å². The molecule has 0 aliphatic carbocycles. The molecule has 8 heteroatoms. The molecule has 0 saturated carbocycles. The Hall–Kier alpha value is -3.39. The second-order valence-electron chi connectivity index (χ2n) is 6.04. The van der Waals surface area contributed by atoms with Gasteiger partial charge in [-0.25, -0.2) is 4.79 Å². The van der Waals surface area contributed by atoms with E-state index < -0.39 is 24.4 Å². The minimum atomic E-state index is -0.625. The molecule has 0 saturated heterocycles. The van der Waals surface area contributed by atoms with Crippen LogP contribution in [0.25, 0.3) is 0 Å². The first-order valence-electron chi connectivity index (χ1n) is 8.41. The zero-order chi connectivity index (χ0) is 20.1. The Morgan fingerprint density at radius 1 is 1.07 bits per heavy atom. The fraction of sp³-hybridized carbons (Fsp3) is 0.150. The van der Waals surface area contributed by atoms with Crippen LogP contribution in [-0.2, 0) is 9.53 Å². The third-order valence-electron chi connectivity index (χ3n) is 3.75. The number of furan rings is 1. The van der Waals surface area contributed by atoms with Gasteiger partial charge in [-0.05, 0) is 49.7 Å². The third-order valence-corrected chi connectivity index (χ3v) is 4.89. The lowest BCUT2D eigenvalue weighted by molar-refractivity contribution is -0.119. The highest BCUT2D eigenvalue weighted by atomic mass is 32.1. The molecule has 28 heavy (non-hydrogen) atoms. The van der Waals surface area contributed by atoms with Crippen LogP contribution in [0.5, 0.6) is 0 Å². The second kappa shape index (κ2) is 8.53. The topological polar surface area (TPSA) is 97.6 Å². The van der Waals surface area contributed by atoms with Gasteiger partial charge in [-0.1, -0.05) is 17.7 Å². The van der Waals surface area contributed by atoms with E-state index in [0.717, 1.165) is 16.9 Å². The summed E-state index contributed by atoms with van der Waals surface area (Å²) >= 11 is 1.07. The number of nitrogens with one attached hydrogen (secondary N) is 2. The van der Waals surface area contributed by atoms with Crippen LogP contribution >= 0.6 is 11.3 Å². The van der Waals surface area contributed by atoms with Crippen LogP contribution < -0.4 is 10.6 Å². The van der Waals surface area contributed by atoms with Gasteiger partial charge in [0.05, 0.1) is 11.3 Å². The van der Waals surface area contributed by atoms with Crippen molar-refractivity contribution in [1.82, 2.24) is 0 Å². The van der Waals surface area contributed by atoms with E-state index in [-0.39, 0.29) is 5.76 Å². The summed E-state index contributed by atoms with van der Waals surface area (Å²) < 4.78 is 10.1. The maximum atomic E-state index is 12.3. The van der Waals surface area contributed by atoms with Crippen LogP contribution in [0.3, 0.4) is 0 Å². The van der Waals surface area contributed by atoms with E-state index in [1.54, 1.807) is 31.2 Å². The van der Waals surface area contributed by atoms with Crippen molar-refractivity contribution in [1.29, 1.82) is 0 Å². The van der Waals surface area contributed by atoms with Crippen molar-refractivity contribution in [3.8, 4) is 0 Å². The van der Waals surface area contributed by atoms with Crippen molar-refractivity contribution in [2.75, 3.05) is 17.2 Å². The number of ether oxygens (including phenoxy) is 1. The Morgan fingerprint density at radius 3 is 2.50 bits per heavy atom. The lowest BCUT2D eigenvalue weighted by Crippen LogP contribution is -2.20. The fourth-order valence-corrected chi connectivity index (χ4v) is 3.32. The number of thiophene rings is 1. The van der Waals surface area contributed by atoms with Gasteiger partial charge in [0.2, 0.25) is 0 Å². The molecule has 3 aromatic rings. The van der Waals surface area contributed by atoms with E-state index >= 15 is 0 Å². The SMILES string of the molecule is Cc1ccc(NC(=O)COC(=O)c2sc(NC(=O)c3ccco3)cc2C)cc1. The summed E-state index contributed by atoms with van der Waals surface area (Å²) in [6.45, 7) is 3.27. The molecular formula is C20H18N2O5S. The molecule has 2 N–H and O–H groups in total. The number of hydrogen-bond donors (Lipinski definition) is 2. The van der Waals surface area contributed by atoms with Crippen LogP contribution in [0.1, 0.15) is 31.4 Å². The van der Waals surface area contributed by atoms with Crippen molar-refractivity contribution in [2.24, 2.45) is 0 Å². The summed E-state index contributed by atoms with van der Waals surface area (Å²) in [6.07, 6.45) is 1.40. The Morgan fingerprint density at radius 2 is 1.82 bits per heavy atom. The molecule has 144 valence electrons. The second-order valence-corrected chi connectivity index (χ2v) is 7.10. The summed E-state index contributed by atoms with van der Waals surface area (Å²) in [4.78, 5) is 36.5. The molecule has 7 nitrogen and oxygen atoms in total. The first-order valence-corrected chi connectivity index (χ1v) is 9.23. The molecule has 3 rings (SSSR count). The van der Waals surface area contributed by atoms with Crippen molar-refractivity contribution in [3.63, 3.8) is 0 Å². The van der Waals surface area contributed by atoms with E-state index in [9.17, 15) is 14.4 Å². The van der Waals surface area contributed by atoms with Gasteiger partial charge in [-0.15, -0.1) is 11.3 Å². The average Bonchev–Trinajstić information content (AvgIpc) is 3.32. The Kier molecular flexibility index (Phi) is 5.90. The molecule has 0 atom stereocenters. The summed E-state index contributed by atoms with van der Waals surface area (Å²) in [5.41, 5.74) is 2.35. The van der Waals surface area contributed by atoms with Crippen LogP contribution in [0, 0.1) is 13.8 Å². The van der Waals surface area contributed by atoms with E-state index in [1.807, 2.05) is 19.1 Å². The summed E-state index contributed by atoms with van der Waals surface area (Å²) in [5.74, 6) is -1.30. The Bertz CT molecular complexity index is 990. The molecule has 0 spiro atoms. The number of benzene rings is 1. The number of carbonyl (C=O) groups excluding carboxylic acids is 3. The monoisotopic (exact) mass is 398 g/mol. The van der Waals surface area contributed by atoms with Crippen LogP contribution in [0.2, 0.25) is 0 Å². The van der Waals surface area contributed by atoms with E-state index in [0.29, 0.717) is 21.1 Å². The Balaban J connectivity index is 1.55. The number of rotatable bonds is 6. The van der Waals surface area contributed by atoms with Gasteiger partial charge >= 0.3 is 5.97 Å². The molecule has 0 radical (unpaired) electrons. The van der Waals surface area contributed by atoms with Crippen molar-refractivity contribution in [3.05, 3.63) is 70.5 Å². The molecule has 0 aliphatic heterocycles. The lowest BCUT2D eigenvalue weighted by Gasteiger charge is -2.06. The maximum absolute atomic E-state index is 12.3. The first-order chi connectivity index (χ1) is 13.4. The molecule has 0 unspecified atom stereocenters. The molecule has 0 bridgehead atoms. The quantitative estimate of drug-likeness (QED) is 0.612. The average molecular weight is 398 g/mol. The molecule has 1 aromatic carbocycles. The van der Waals surface area contributed by atoms with Gasteiger partial charge in [0.25, 0.3) is 11.8 Å². The van der Waals surface area contributed by atoms with Crippen LogP contribution in [0.15, 0.2) is 53.1 Å². The number of hydrogen-bond acceptors (Lipinski definition) is 6. The number of anilines is 2. The highest BCUT2D eigenvalue weighted by Gasteiger charge is 2.18. The fourth-order valence-electron chi connectivity index (χ4n) is 2.36. The normalized spacial score (nSPS) is 10.4. The maximum Gasteiger partial charge on any atom is 0.349 e. The molecule has 2 heterocycles. The molecule has 0 fully saturated rings. The van der Waals surface area contributed by atoms with Crippen molar-refractivity contribution < 1.29 is 23.5 Å². The van der Waals surface area contributed by atoms with E-state index in [4.69, 9.17) is 9.15 Å².